The highest BCUT2D eigenvalue weighted by Crippen LogP contribution is 2.32. The summed E-state index contributed by atoms with van der Waals surface area (Å²) < 4.78 is 11.2. The Morgan fingerprint density at radius 2 is 2.06 bits per heavy atom. The van der Waals surface area contributed by atoms with E-state index >= 15 is 0 Å². The number of methoxy groups -OCH3 is 2. The van der Waals surface area contributed by atoms with E-state index in [9.17, 15) is 0 Å². The summed E-state index contributed by atoms with van der Waals surface area (Å²) in [5.74, 6) is 2.09. The summed E-state index contributed by atoms with van der Waals surface area (Å²) in [5, 5.41) is 3.16. The molecular formula is C12H12BrN3O2. The van der Waals surface area contributed by atoms with E-state index in [1.807, 2.05) is 12.1 Å². The van der Waals surface area contributed by atoms with E-state index in [4.69, 9.17) is 9.47 Å². The Balaban J connectivity index is 2.32. The molecule has 0 atom stereocenters. The molecule has 18 heavy (non-hydrogen) atoms. The second-order valence-corrected chi connectivity index (χ2v) is 4.26. The minimum atomic E-state index is 0.675. The second-order valence-electron chi connectivity index (χ2n) is 3.41. The Labute approximate surface area is 113 Å². The van der Waals surface area contributed by atoms with E-state index in [0.717, 1.165) is 15.9 Å². The van der Waals surface area contributed by atoms with Crippen LogP contribution in [0.15, 0.2) is 35.2 Å². The number of hydrogen-bond donors (Lipinski definition) is 1. The molecule has 0 aliphatic carbocycles. The summed E-state index contributed by atoms with van der Waals surface area (Å²) in [4.78, 5) is 8.04. The number of nitrogens with one attached hydrogen (secondary N) is 1. The minimum absolute atomic E-state index is 0.675. The van der Waals surface area contributed by atoms with E-state index in [0.29, 0.717) is 11.6 Å². The molecule has 94 valence electrons. The predicted octanol–water partition coefficient (Wildman–Crippen LogP) is 3.00. The summed E-state index contributed by atoms with van der Waals surface area (Å²) in [6, 6.07) is 5.52. The molecule has 0 bridgehead atoms. The van der Waals surface area contributed by atoms with Gasteiger partial charge in [-0.2, -0.15) is 0 Å². The molecule has 5 nitrogen and oxygen atoms in total. The quantitative estimate of drug-likeness (QED) is 0.941. The molecule has 0 saturated heterocycles. The van der Waals surface area contributed by atoms with Crippen molar-refractivity contribution in [2.75, 3.05) is 19.5 Å². The SMILES string of the molecule is COc1ccc(Nc2ncncc2Br)c(OC)c1. The first-order chi connectivity index (χ1) is 8.74. The molecule has 1 aromatic heterocycles. The van der Waals surface area contributed by atoms with Gasteiger partial charge in [0.05, 0.1) is 24.4 Å². The number of hydrogen-bond acceptors (Lipinski definition) is 5. The summed E-state index contributed by atoms with van der Waals surface area (Å²) in [6.07, 6.45) is 3.15. The Bertz CT molecular complexity index is 549. The van der Waals surface area contributed by atoms with Gasteiger partial charge >= 0.3 is 0 Å². The van der Waals surface area contributed by atoms with Gasteiger partial charge in [-0.05, 0) is 28.1 Å². The van der Waals surface area contributed by atoms with Gasteiger partial charge in [-0.15, -0.1) is 0 Å². The molecule has 2 aromatic rings. The Morgan fingerprint density at radius 3 is 2.72 bits per heavy atom. The van der Waals surface area contributed by atoms with E-state index in [1.54, 1.807) is 26.5 Å². The number of ether oxygens (including phenoxy) is 2. The lowest BCUT2D eigenvalue weighted by atomic mass is 10.2. The molecule has 0 amide bonds. The third-order valence-corrected chi connectivity index (χ3v) is 2.91. The van der Waals surface area contributed by atoms with Crippen LogP contribution in [0.4, 0.5) is 11.5 Å². The van der Waals surface area contributed by atoms with Crippen LogP contribution in [0.5, 0.6) is 11.5 Å². The molecule has 0 saturated carbocycles. The molecule has 0 aliphatic rings. The van der Waals surface area contributed by atoms with E-state index in [1.165, 1.54) is 6.33 Å². The van der Waals surface area contributed by atoms with Crippen LogP contribution in [0.25, 0.3) is 0 Å². The van der Waals surface area contributed by atoms with Gasteiger partial charge in [-0.25, -0.2) is 9.97 Å². The monoisotopic (exact) mass is 309 g/mol. The van der Waals surface area contributed by atoms with Gasteiger partial charge in [0.15, 0.2) is 0 Å². The van der Waals surface area contributed by atoms with Crippen LogP contribution in [0.2, 0.25) is 0 Å². The molecule has 0 unspecified atom stereocenters. The van der Waals surface area contributed by atoms with Gasteiger partial charge in [0, 0.05) is 12.3 Å². The van der Waals surface area contributed by atoms with Crippen molar-refractivity contribution in [3.05, 3.63) is 35.2 Å². The van der Waals surface area contributed by atoms with Gasteiger partial charge < -0.3 is 14.8 Å². The minimum Gasteiger partial charge on any atom is -0.497 e. The molecule has 1 N–H and O–H groups in total. The maximum absolute atomic E-state index is 5.30. The first-order valence-corrected chi connectivity index (χ1v) is 5.98. The normalized spacial score (nSPS) is 9.94. The summed E-state index contributed by atoms with van der Waals surface area (Å²) in [7, 11) is 3.22. The molecule has 6 heteroatoms. The lowest BCUT2D eigenvalue weighted by Crippen LogP contribution is -1.98. The molecule has 0 spiro atoms. The van der Waals surface area contributed by atoms with Gasteiger partial charge in [0.1, 0.15) is 23.6 Å². The first-order valence-electron chi connectivity index (χ1n) is 5.19. The van der Waals surface area contributed by atoms with Crippen molar-refractivity contribution in [3.8, 4) is 11.5 Å². The van der Waals surface area contributed by atoms with Crippen molar-refractivity contribution in [1.29, 1.82) is 0 Å². The van der Waals surface area contributed by atoms with Gasteiger partial charge in [-0.3, -0.25) is 0 Å². The van der Waals surface area contributed by atoms with Crippen LogP contribution in [0.1, 0.15) is 0 Å². The zero-order chi connectivity index (χ0) is 13.0. The van der Waals surface area contributed by atoms with E-state index in [2.05, 4.69) is 31.2 Å². The highest BCUT2D eigenvalue weighted by atomic mass is 79.9. The van der Waals surface area contributed by atoms with Crippen molar-refractivity contribution in [2.24, 2.45) is 0 Å². The van der Waals surface area contributed by atoms with Crippen LogP contribution < -0.4 is 14.8 Å². The van der Waals surface area contributed by atoms with Gasteiger partial charge in [-0.1, -0.05) is 0 Å². The molecule has 0 radical (unpaired) electrons. The lowest BCUT2D eigenvalue weighted by molar-refractivity contribution is 0.395. The Morgan fingerprint density at radius 1 is 1.22 bits per heavy atom. The highest BCUT2D eigenvalue weighted by molar-refractivity contribution is 9.10. The van der Waals surface area contributed by atoms with Crippen molar-refractivity contribution >= 4 is 27.4 Å². The molecule has 1 aromatic carbocycles. The highest BCUT2D eigenvalue weighted by Gasteiger charge is 2.07. The summed E-state index contributed by atoms with van der Waals surface area (Å²) in [5.41, 5.74) is 0.803. The van der Waals surface area contributed by atoms with Crippen molar-refractivity contribution in [1.82, 2.24) is 9.97 Å². The molecule has 0 fully saturated rings. The largest absolute Gasteiger partial charge is 0.497 e. The number of anilines is 2. The topological polar surface area (TPSA) is 56.3 Å². The maximum atomic E-state index is 5.30. The van der Waals surface area contributed by atoms with Crippen molar-refractivity contribution < 1.29 is 9.47 Å². The van der Waals surface area contributed by atoms with E-state index < -0.39 is 0 Å². The van der Waals surface area contributed by atoms with Crippen LogP contribution in [-0.4, -0.2) is 24.2 Å². The Hall–Kier alpha value is -1.82. The molecule has 0 aliphatic heterocycles. The first kappa shape index (κ1) is 12.6. The van der Waals surface area contributed by atoms with Gasteiger partial charge in [0.25, 0.3) is 0 Å². The standard InChI is InChI=1S/C12H12BrN3O2/c1-17-8-3-4-10(11(5-8)18-2)16-12-9(13)6-14-7-15-12/h3-7H,1-2H3,(H,14,15,16). The van der Waals surface area contributed by atoms with E-state index in [-0.39, 0.29) is 0 Å². The average molecular weight is 310 g/mol. The molecular weight excluding hydrogens is 298 g/mol. The smallest absolute Gasteiger partial charge is 0.148 e. The zero-order valence-electron chi connectivity index (χ0n) is 9.98. The third-order valence-electron chi connectivity index (χ3n) is 2.33. The third kappa shape index (κ3) is 2.70. The van der Waals surface area contributed by atoms with Crippen molar-refractivity contribution in [3.63, 3.8) is 0 Å². The average Bonchev–Trinajstić information content (AvgIpc) is 2.41. The fourth-order valence-electron chi connectivity index (χ4n) is 1.43. The second kappa shape index (κ2) is 5.68. The fraction of sp³-hybridized carbons (Fsp3) is 0.167. The van der Waals surface area contributed by atoms with Crippen LogP contribution in [0.3, 0.4) is 0 Å². The maximum Gasteiger partial charge on any atom is 0.148 e. The number of aromatic nitrogens is 2. The number of nitrogens with zero attached hydrogens (tertiary/aromatic N) is 2. The van der Waals surface area contributed by atoms with Crippen LogP contribution in [-0.2, 0) is 0 Å². The van der Waals surface area contributed by atoms with Crippen LogP contribution >= 0.6 is 15.9 Å². The fourth-order valence-corrected chi connectivity index (χ4v) is 1.75. The zero-order valence-corrected chi connectivity index (χ0v) is 11.6. The predicted molar refractivity (Wildman–Crippen MR) is 72.6 cm³/mol. The number of rotatable bonds is 4. The lowest BCUT2D eigenvalue weighted by Gasteiger charge is -2.12. The number of benzene rings is 1. The number of halogens is 1. The molecule has 1 heterocycles. The van der Waals surface area contributed by atoms with Crippen LogP contribution in [0, 0.1) is 0 Å². The Kier molecular flexibility index (Phi) is 3.99. The van der Waals surface area contributed by atoms with Gasteiger partial charge in [0.2, 0.25) is 0 Å². The summed E-state index contributed by atoms with van der Waals surface area (Å²) >= 11 is 3.38. The summed E-state index contributed by atoms with van der Waals surface area (Å²) in [6.45, 7) is 0. The molecule has 2 rings (SSSR count). The van der Waals surface area contributed by atoms with Crippen molar-refractivity contribution in [2.45, 2.75) is 0 Å².